The Morgan fingerprint density at radius 1 is 1.07 bits per heavy atom. The lowest BCUT2D eigenvalue weighted by Gasteiger charge is -2.23. The molecule has 0 saturated carbocycles. The number of benzene rings is 1. The Morgan fingerprint density at radius 2 is 1.75 bits per heavy atom. The van der Waals surface area contributed by atoms with Crippen molar-refractivity contribution in [2.24, 2.45) is 13.0 Å². The van der Waals surface area contributed by atoms with Gasteiger partial charge in [0.1, 0.15) is 0 Å². The Morgan fingerprint density at radius 3 is 2.46 bits per heavy atom. The Bertz CT molecular complexity index is 893. The molecule has 3 rings (SSSR count). The van der Waals surface area contributed by atoms with Crippen molar-refractivity contribution < 1.29 is 19.1 Å². The lowest BCUT2D eigenvalue weighted by Crippen LogP contribution is -2.30. The number of esters is 2. The second kappa shape index (κ2) is 9.09. The minimum atomic E-state index is -0.624. The summed E-state index contributed by atoms with van der Waals surface area (Å²) in [4.78, 5) is 25.5. The average molecular weight is 383 g/mol. The number of nitrogens with zero attached hydrogens (tertiary/aromatic N) is 1. The van der Waals surface area contributed by atoms with Crippen molar-refractivity contribution in [2.75, 3.05) is 13.2 Å². The first-order valence-electron chi connectivity index (χ1n) is 10.2. The van der Waals surface area contributed by atoms with Gasteiger partial charge in [-0.2, -0.15) is 0 Å². The summed E-state index contributed by atoms with van der Waals surface area (Å²) in [6.45, 7) is 4.84. The van der Waals surface area contributed by atoms with E-state index < -0.39 is 11.9 Å². The molecular weight excluding hydrogens is 354 g/mol. The molecule has 150 valence electrons. The highest BCUT2D eigenvalue weighted by atomic mass is 16.5. The van der Waals surface area contributed by atoms with E-state index in [2.05, 4.69) is 10.6 Å². The zero-order valence-electron chi connectivity index (χ0n) is 17.0. The van der Waals surface area contributed by atoms with E-state index >= 15 is 0 Å². The standard InChI is InChI=1S/C23H29NO4/c1-4-6-12-27-22(25)18-14-17-16-10-8-9-11-20(16)24(3)21(17)15-19(18)23(26)28-13-7-5-2/h8-11,14,19H,4-7,12-13,15H2,1-3H3. The van der Waals surface area contributed by atoms with Crippen LogP contribution < -0.4 is 0 Å². The Labute approximate surface area is 166 Å². The summed E-state index contributed by atoms with van der Waals surface area (Å²) in [6, 6.07) is 8.08. The van der Waals surface area contributed by atoms with Crippen LogP contribution >= 0.6 is 0 Å². The van der Waals surface area contributed by atoms with Gasteiger partial charge < -0.3 is 14.0 Å². The van der Waals surface area contributed by atoms with E-state index in [1.54, 1.807) is 0 Å². The van der Waals surface area contributed by atoms with Crippen LogP contribution in [0.3, 0.4) is 0 Å². The zero-order valence-corrected chi connectivity index (χ0v) is 17.0. The molecule has 0 N–H and O–H groups in total. The maximum Gasteiger partial charge on any atom is 0.334 e. The lowest BCUT2D eigenvalue weighted by molar-refractivity contribution is -0.150. The van der Waals surface area contributed by atoms with Gasteiger partial charge in [-0.3, -0.25) is 4.79 Å². The van der Waals surface area contributed by atoms with Crippen molar-refractivity contribution in [2.45, 2.75) is 46.0 Å². The number of para-hydroxylation sites is 1. The molecule has 28 heavy (non-hydrogen) atoms. The summed E-state index contributed by atoms with van der Waals surface area (Å²) >= 11 is 0. The van der Waals surface area contributed by atoms with E-state index in [4.69, 9.17) is 9.47 Å². The second-order valence-corrected chi connectivity index (χ2v) is 7.30. The maximum atomic E-state index is 12.8. The highest BCUT2D eigenvalue weighted by Gasteiger charge is 2.36. The van der Waals surface area contributed by atoms with Gasteiger partial charge in [-0.05, 0) is 25.0 Å². The highest BCUT2D eigenvalue weighted by molar-refractivity contribution is 6.04. The molecule has 1 aromatic heterocycles. The van der Waals surface area contributed by atoms with Crippen LogP contribution in [0.2, 0.25) is 0 Å². The Balaban J connectivity index is 1.96. The summed E-state index contributed by atoms with van der Waals surface area (Å²) in [5.74, 6) is -1.38. The third kappa shape index (κ3) is 3.98. The van der Waals surface area contributed by atoms with Crippen LogP contribution in [-0.4, -0.2) is 29.7 Å². The fourth-order valence-corrected chi connectivity index (χ4v) is 3.66. The molecule has 0 spiro atoms. The van der Waals surface area contributed by atoms with Gasteiger partial charge >= 0.3 is 11.9 Å². The number of hydrogen-bond acceptors (Lipinski definition) is 4. The first-order valence-corrected chi connectivity index (χ1v) is 10.2. The predicted octanol–water partition coefficient (Wildman–Crippen LogP) is 4.42. The number of aryl methyl sites for hydroxylation is 1. The van der Waals surface area contributed by atoms with Gasteiger partial charge in [-0.1, -0.05) is 44.9 Å². The third-order valence-electron chi connectivity index (χ3n) is 5.34. The summed E-state index contributed by atoms with van der Waals surface area (Å²) in [6.07, 6.45) is 5.80. The predicted molar refractivity (Wildman–Crippen MR) is 110 cm³/mol. The second-order valence-electron chi connectivity index (χ2n) is 7.30. The van der Waals surface area contributed by atoms with E-state index in [0.717, 1.165) is 47.8 Å². The molecule has 0 fully saturated rings. The molecule has 1 unspecified atom stereocenters. The van der Waals surface area contributed by atoms with E-state index in [0.29, 0.717) is 25.2 Å². The van der Waals surface area contributed by atoms with Gasteiger partial charge in [0.15, 0.2) is 0 Å². The topological polar surface area (TPSA) is 57.5 Å². The van der Waals surface area contributed by atoms with Crippen molar-refractivity contribution in [3.63, 3.8) is 0 Å². The molecule has 0 radical (unpaired) electrons. The van der Waals surface area contributed by atoms with Crippen molar-refractivity contribution in [3.05, 3.63) is 41.1 Å². The van der Waals surface area contributed by atoms with Gasteiger partial charge in [0.2, 0.25) is 0 Å². The molecule has 1 atom stereocenters. The summed E-state index contributed by atoms with van der Waals surface area (Å²) in [5, 5.41) is 1.08. The van der Waals surface area contributed by atoms with Crippen LogP contribution in [0.1, 0.15) is 50.8 Å². The molecule has 5 heteroatoms. The minimum Gasteiger partial charge on any atom is -0.465 e. The molecule has 5 nitrogen and oxygen atoms in total. The fraction of sp³-hybridized carbons (Fsp3) is 0.478. The number of aromatic nitrogens is 1. The largest absolute Gasteiger partial charge is 0.465 e. The van der Waals surface area contributed by atoms with Crippen molar-refractivity contribution in [1.29, 1.82) is 0 Å². The minimum absolute atomic E-state index is 0.344. The maximum absolute atomic E-state index is 12.8. The number of carbonyl (C=O) groups is 2. The quantitative estimate of drug-likeness (QED) is 0.500. The van der Waals surface area contributed by atoms with Crippen LogP contribution in [0.25, 0.3) is 17.0 Å². The van der Waals surface area contributed by atoms with E-state index in [9.17, 15) is 9.59 Å². The molecule has 1 aliphatic carbocycles. The number of hydrogen-bond donors (Lipinski definition) is 0. The number of fused-ring (bicyclic) bond motifs is 3. The normalized spacial score (nSPS) is 15.8. The first kappa shape index (κ1) is 20.2. The molecule has 2 aromatic rings. The van der Waals surface area contributed by atoms with Gasteiger partial charge in [-0.25, -0.2) is 4.79 Å². The average Bonchev–Trinajstić information content (AvgIpc) is 2.99. The number of carbonyl (C=O) groups excluding carboxylic acids is 2. The van der Waals surface area contributed by atoms with Crippen LogP contribution in [0, 0.1) is 5.92 Å². The van der Waals surface area contributed by atoms with Gasteiger partial charge in [0, 0.05) is 35.6 Å². The highest BCUT2D eigenvalue weighted by Crippen LogP contribution is 2.36. The SMILES string of the molecule is CCCCOC(=O)C1=Cc2c(n(C)c3ccccc23)CC1C(=O)OCCCC. The van der Waals surface area contributed by atoms with Crippen molar-refractivity contribution in [1.82, 2.24) is 4.57 Å². The van der Waals surface area contributed by atoms with E-state index in [1.807, 2.05) is 45.2 Å². The first-order chi connectivity index (χ1) is 13.6. The van der Waals surface area contributed by atoms with E-state index in [-0.39, 0.29) is 5.97 Å². The molecule has 0 bridgehead atoms. The monoisotopic (exact) mass is 383 g/mol. The van der Waals surface area contributed by atoms with Crippen LogP contribution in [-0.2, 0) is 32.5 Å². The summed E-state index contributed by atoms with van der Waals surface area (Å²) in [7, 11) is 2.00. The molecule has 1 aromatic carbocycles. The third-order valence-corrected chi connectivity index (χ3v) is 5.34. The molecule has 1 aliphatic rings. The molecule has 0 aliphatic heterocycles. The summed E-state index contributed by atoms with van der Waals surface area (Å²) in [5.41, 5.74) is 3.53. The smallest absolute Gasteiger partial charge is 0.334 e. The van der Waals surface area contributed by atoms with Crippen LogP contribution in [0.4, 0.5) is 0 Å². The lowest BCUT2D eigenvalue weighted by atomic mass is 9.86. The van der Waals surface area contributed by atoms with Crippen LogP contribution in [0.5, 0.6) is 0 Å². The number of rotatable bonds is 8. The van der Waals surface area contributed by atoms with Gasteiger partial charge in [-0.15, -0.1) is 0 Å². The zero-order chi connectivity index (χ0) is 20.1. The van der Waals surface area contributed by atoms with Gasteiger partial charge in [0.25, 0.3) is 0 Å². The molecular formula is C23H29NO4. The summed E-state index contributed by atoms with van der Waals surface area (Å²) < 4.78 is 13.0. The Hall–Kier alpha value is -2.56. The molecule has 1 heterocycles. The number of ether oxygens (including phenoxy) is 2. The molecule has 0 saturated heterocycles. The molecule has 0 amide bonds. The number of unbranched alkanes of at least 4 members (excludes halogenated alkanes) is 2. The Kier molecular flexibility index (Phi) is 6.55. The van der Waals surface area contributed by atoms with E-state index in [1.165, 1.54) is 0 Å². The van der Waals surface area contributed by atoms with Crippen molar-refractivity contribution in [3.8, 4) is 0 Å². The van der Waals surface area contributed by atoms with Crippen LogP contribution in [0.15, 0.2) is 29.8 Å². The fourth-order valence-electron chi connectivity index (χ4n) is 3.66. The van der Waals surface area contributed by atoms with Gasteiger partial charge in [0.05, 0.1) is 24.7 Å². The van der Waals surface area contributed by atoms with Crippen molar-refractivity contribution >= 4 is 28.9 Å².